The third-order valence-corrected chi connectivity index (χ3v) is 7.72. The van der Waals surface area contributed by atoms with E-state index in [1.54, 1.807) is 0 Å². The second-order valence-electron chi connectivity index (χ2n) is 6.24. The van der Waals surface area contributed by atoms with Gasteiger partial charge in [0.1, 0.15) is 0 Å². The zero-order valence-corrected chi connectivity index (χ0v) is 16.7. The second kappa shape index (κ2) is 7.11. The first-order valence-corrected chi connectivity index (χ1v) is 9.65. The molecule has 1 aliphatic rings. The maximum absolute atomic E-state index is 12.3. The van der Waals surface area contributed by atoms with E-state index in [1.807, 2.05) is 6.07 Å². The molecule has 6 heteroatoms. The molecule has 21 heavy (non-hydrogen) atoms. The number of carbonyl (C=O) groups excluding carboxylic acids is 1. The second-order valence-corrected chi connectivity index (χ2v) is 9.46. The highest BCUT2D eigenvalue weighted by Crippen LogP contribution is 2.36. The van der Waals surface area contributed by atoms with Gasteiger partial charge in [-0.2, -0.15) is 0 Å². The molecule has 1 saturated carbocycles. The van der Waals surface area contributed by atoms with Crippen molar-refractivity contribution >= 4 is 49.1 Å². The molecule has 2 unspecified atom stereocenters. The molecule has 0 radical (unpaired) electrons. The number of amides is 1. The van der Waals surface area contributed by atoms with Gasteiger partial charge in [0.05, 0.1) is 8.66 Å². The Morgan fingerprint density at radius 2 is 2.24 bits per heavy atom. The Morgan fingerprint density at radius 1 is 1.52 bits per heavy atom. The van der Waals surface area contributed by atoms with Crippen LogP contribution in [-0.4, -0.2) is 37.0 Å². The van der Waals surface area contributed by atoms with Gasteiger partial charge in [0.15, 0.2) is 0 Å². The third kappa shape index (κ3) is 4.09. The minimum absolute atomic E-state index is 0.0193. The summed E-state index contributed by atoms with van der Waals surface area (Å²) in [5.41, 5.74) is 0.0963. The number of rotatable bonds is 4. The molecule has 118 valence electrons. The van der Waals surface area contributed by atoms with Crippen molar-refractivity contribution in [1.82, 2.24) is 10.2 Å². The maximum Gasteiger partial charge on any atom is 0.261 e. The van der Waals surface area contributed by atoms with Crippen molar-refractivity contribution in [2.75, 3.05) is 20.6 Å². The topological polar surface area (TPSA) is 32.3 Å². The molecule has 0 saturated heterocycles. The van der Waals surface area contributed by atoms with Gasteiger partial charge >= 0.3 is 0 Å². The summed E-state index contributed by atoms with van der Waals surface area (Å²) in [6, 6.07) is 1.87. The van der Waals surface area contributed by atoms with Crippen LogP contribution >= 0.6 is 43.2 Å². The van der Waals surface area contributed by atoms with Crippen LogP contribution in [0, 0.1) is 5.92 Å². The average molecular weight is 438 g/mol. The van der Waals surface area contributed by atoms with Crippen LogP contribution < -0.4 is 5.32 Å². The number of nitrogens with zero attached hydrogens (tertiary/aromatic N) is 1. The fourth-order valence-electron chi connectivity index (χ4n) is 3.15. The zero-order valence-electron chi connectivity index (χ0n) is 12.7. The number of hydrogen-bond donors (Lipinski definition) is 1. The quantitative estimate of drug-likeness (QED) is 0.751. The van der Waals surface area contributed by atoms with E-state index in [2.05, 4.69) is 63.1 Å². The van der Waals surface area contributed by atoms with Gasteiger partial charge in [-0.25, -0.2) is 0 Å². The first-order chi connectivity index (χ1) is 9.84. The highest BCUT2D eigenvalue weighted by atomic mass is 79.9. The van der Waals surface area contributed by atoms with Crippen molar-refractivity contribution in [2.45, 2.75) is 38.1 Å². The van der Waals surface area contributed by atoms with E-state index in [0.717, 1.165) is 38.4 Å². The number of nitrogens with one attached hydrogen (secondary N) is 1. The van der Waals surface area contributed by atoms with Gasteiger partial charge in [-0.05, 0) is 70.8 Å². The van der Waals surface area contributed by atoms with Crippen LogP contribution in [0.2, 0.25) is 0 Å². The SMILES string of the molecule is CC1CCCC(CNC(=O)c2cc(Br)c(Br)s2)(N(C)C)C1. The standard InChI is InChI=1S/C15H22Br2N2OS/c1-10-5-4-6-15(8-10,19(2)3)9-18-14(20)12-7-11(16)13(17)21-12/h7,10H,4-6,8-9H2,1-3H3,(H,18,20). The molecular formula is C15H22Br2N2OS. The predicted octanol–water partition coefficient (Wildman–Crippen LogP) is 4.51. The van der Waals surface area contributed by atoms with E-state index < -0.39 is 0 Å². The molecule has 2 atom stereocenters. The summed E-state index contributed by atoms with van der Waals surface area (Å²) >= 11 is 8.33. The molecule has 1 aromatic heterocycles. The van der Waals surface area contributed by atoms with Crippen molar-refractivity contribution in [1.29, 1.82) is 0 Å². The van der Waals surface area contributed by atoms with Gasteiger partial charge in [-0.3, -0.25) is 4.79 Å². The van der Waals surface area contributed by atoms with E-state index in [9.17, 15) is 4.79 Å². The molecule has 1 aliphatic carbocycles. The Labute approximate surface area is 147 Å². The maximum atomic E-state index is 12.3. The number of thiophene rings is 1. The van der Waals surface area contributed by atoms with E-state index in [-0.39, 0.29) is 11.4 Å². The highest BCUT2D eigenvalue weighted by molar-refractivity contribution is 9.13. The van der Waals surface area contributed by atoms with Gasteiger partial charge in [0.25, 0.3) is 5.91 Å². The minimum Gasteiger partial charge on any atom is -0.349 e. The molecule has 1 N–H and O–H groups in total. The molecule has 1 heterocycles. The van der Waals surface area contributed by atoms with Gasteiger partial charge in [0.2, 0.25) is 0 Å². The number of hydrogen-bond acceptors (Lipinski definition) is 3. The summed E-state index contributed by atoms with van der Waals surface area (Å²) in [5, 5.41) is 3.14. The summed E-state index contributed by atoms with van der Waals surface area (Å²) in [5.74, 6) is 0.744. The average Bonchev–Trinajstić information content (AvgIpc) is 2.76. The summed E-state index contributed by atoms with van der Waals surface area (Å²) in [6.45, 7) is 3.03. The number of carbonyl (C=O) groups is 1. The Kier molecular flexibility index (Phi) is 5.91. The van der Waals surface area contributed by atoms with Crippen LogP contribution in [0.4, 0.5) is 0 Å². The monoisotopic (exact) mass is 436 g/mol. The van der Waals surface area contributed by atoms with E-state index in [4.69, 9.17) is 0 Å². The molecule has 0 bridgehead atoms. The van der Waals surface area contributed by atoms with Crippen molar-refractivity contribution in [2.24, 2.45) is 5.92 Å². The molecule has 0 aliphatic heterocycles. The van der Waals surface area contributed by atoms with Crippen molar-refractivity contribution in [3.8, 4) is 0 Å². The van der Waals surface area contributed by atoms with Crippen LogP contribution in [0.15, 0.2) is 14.3 Å². The molecular weight excluding hydrogens is 416 g/mol. The van der Waals surface area contributed by atoms with Gasteiger partial charge in [-0.1, -0.05) is 19.8 Å². The number of halogens is 2. The predicted molar refractivity (Wildman–Crippen MR) is 96.1 cm³/mol. The lowest BCUT2D eigenvalue weighted by atomic mass is 9.75. The zero-order chi connectivity index (χ0) is 15.6. The van der Waals surface area contributed by atoms with E-state index >= 15 is 0 Å². The molecule has 1 aromatic rings. The highest BCUT2D eigenvalue weighted by Gasteiger charge is 2.37. The Hall–Kier alpha value is 0.0900. The first kappa shape index (κ1) is 17.4. The van der Waals surface area contributed by atoms with Gasteiger partial charge in [0, 0.05) is 16.6 Å². The van der Waals surface area contributed by atoms with E-state index in [0.29, 0.717) is 0 Å². The Balaban J connectivity index is 2.03. The fraction of sp³-hybridized carbons (Fsp3) is 0.667. The smallest absolute Gasteiger partial charge is 0.261 e. The summed E-state index contributed by atoms with van der Waals surface area (Å²) in [6.07, 6.45) is 4.85. The Morgan fingerprint density at radius 3 is 2.76 bits per heavy atom. The van der Waals surface area contributed by atoms with Crippen molar-refractivity contribution < 1.29 is 4.79 Å². The lowest BCUT2D eigenvalue weighted by Gasteiger charge is -2.45. The van der Waals surface area contributed by atoms with Crippen molar-refractivity contribution in [3.63, 3.8) is 0 Å². The summed E-state index contributed by atoms with van der Waals surface area (Å²) in [4.78, 5) is 15.4. The number of likely N-dealkylation sites (N-methyl/N-ethyl adjacent to an activating group) is 1. The fourth-order valence-corrected chi connectivity index (χ4v) is 5.10. The Bertz CT molecular complexity index is 498. The van der Waals surface area contributed by atoms with Crippen LogP contribution in [0.25, 0.3) is 0 Å². The van der Waals surface area contributed by atoms with Crippen molar-refractivity contribution in [3.05, 3.63) is 19.2 Å². The third-order valence-electron chi connectivity index (χ3n) is 4.46. The van der Waals surface area contributed by atoms with Gasteiger partial charge < -0.3 is 10.2 Å². The van der Waals surface area contributed by atoms with Crippen LogP contribution in [0.1, 0.15) is 42.3 Å². The molecule has 2 rings (SSSR count). The molecule has 1 fully saturated rings. The lowest BCUT2D eigenvalue weighted by molar-refractivity contribution is 0.0677. The molecule has 3 nitrogen and oxygen atoms in total. The van der Waals surface area contributed by atoms with Crippen LogP contribution in [0.5, 0.6) is 0 Å². The molecule has 0 spiro atoms. The van der Waals surface area contributed by atoms with Gasteiger partial charge in [-0.15, -0.1) is 11.3 Å². The molecule has 1 amide bonds. The minimum atomic E-state index is 0.0193. The summed E-state index contributed by atoms with van der Waals surface area (Å²) < 4.78 is 1.90. The molecule has 0 aromatic carbocycles. The first-order valence-electron chi connectivity index (χ1n) is 7.24. The normalized spacial score (nSPS) is 26.1. The largest absolute Gasteiger partial charge is 0.349 e. The van der Waals surface area contributed by atoms with E-state index in [1.165, 1.54) is 24.2 Å². The summed E-state index contributed by atoms with van der Waals surface area (Å²) in [7, 11) is 4.25. The van der Waals surface area contributed by atoms with Crippen LogP contribution in [0.3, 0.4) is 0 Å². The van der Waals surface area contributed by atoms with Crippen LogP contribution in [-0.2, 0) is 0 Å². The lowest BCUT2D eigenvalue weighted by Crippen LogP contribution is -2.55.